The lowest BCUT2D eigenvalue weighted by Crippen LogP contribution is -2.38. The SMILES string of the molecule is O=C(NCCNC(=O)C1CCN(c2c(Br)cncc2Br)C1)OCc1ccccc1. The van der Waals surface area contributed by atoms with Gasteiger partial charge in [-0.25, -0.2) is 4.79 Å². The van der Waals surface area contributed by atoms with E-state index in [-0.39, 0.29) is 18.4 Å². The Morgan fingerprint density at radius 1 is 1.10 bits per heavy atom. The summed E-state index contributed by atoms with van der Waals surface area (Å²) in [5.41, 5.74) is 1.94. The van der Waals surface area contributed by atoms with E-state index in [1.54, 1.807) is 12.4 Å². The predicted molar refractivity (Wildman–Crippen MR) is 118 cm³/mol. The molecule has 1 fully saturated rings. The zero-order valence-corrected chi connectivity index (χ0v) is 18.9. The number of amides is 2. The smallest absolute Gasteiger partial charge is 0.407 e. The van der Waals surface area contributed by atoms with E-state index in [9.17, 15) is 9.59 Å². The fourth-order valence-corrected chi connectivity index (χ4v) is 4.58. The first kappa shape index (κ1) is 21.6. The Bertz CT molecular complexity index is 831. The third kappa shape index (κ3) is 6.17. The van der Waals surface area contributed by atoms with Crippen molar-refractivity contribution >= 4 is 49.5 Å². The van der Waals surface area contributed by atoms with E-state index in [1.165, 1.54) is 0 Å². The van der Waals surface area contributed by atoms with Crippen molar-refractivity contribution in [2.75, 3.05) is 31.1 Å². The Hall–Kier alpha value is -2.13. The molecule has 7 nitrogen and oxygen atoms in total. The molecule has 1 aromatic heterocycles. The Balaban J connectivity index is 1.35. The van der Waals surface area contributed by atoms with Crippen LogP contribution in [0, 0.1) is 5.92 Å². The van der Waals surface area contributed by atoms with Gasteiger partial charge in [0.05, 0.1) is 20.6 Å². The molecular formula is C20H22Br2N4O3. The summed E-state index contributed by atoms with van der Waals surface area (Å²) in [4.78, 5) is 30.4. The van der Waals surface area contributed by atoms with Crippen molar-refractivity contribution < 1.29 is 14.3 Å². The van der Waals surface area contributed by atoms with Gasteiger partial charge in [0.1, 0.15) is 6.61 Å². The van der Waals surface area contributed by atoms with Crippen LogP contribution in [-0.2, 0) is 16.1 Å². The normalized spacial score (nSPS) is 15.8. The Morgan fingerprint density at radius 3 is 2.52 bits per heavy atom. The molecule has 0 radical (unpaired) electrons. The standard InChI is InChI=1S/C20H22Br2N4O3/c21-16-10-23-11-17(22)18(16)26-9-6-15(12-26)19(27)24-7-8-25-20(28)29-13-14-4-2-1-3-5-14/h1-5,10-11,15H,6-9,12-13H2,(H,24,27)(H,25,28). The zero-order valence-electron chi connectivity index (χ0n) is 15.7. The topological polar surface area (TPSA) is 83.6 Å². The van der Waals surface area contributed by atoms with Gasteiger partial charge in [-0.2, -0.15) is 0 Å². The second kappa shape index (κ2) is 10.6. The molecule has 0 saturated carbocycles. The van der Waals surface area contributed by atoms with E-state index in [1.807, 2.05) is 30.3 Å². The maximum Gasteiger partial charge on any atom is 0.407 e. The van der Waals surface area contributed by atoms with Crippen LogP contribution >= 0.6 is 31.9 Å². The number of nitrogens with one attached hydrogen (secondary N) is 2. The largest absolute Gasteiger partial charge is 0.445 e. The van der Waals surface area contributed by atoms with Gasteiger partial charge in [-0.3, -0.25) is 9.78 Å². The Labute approximate surface area is 186 Å². The van der Waals surface area contributed by atoms with E-state index in [2.05, 4.69) is 52.4 Å². The molecule has 2 N–H and O–H groups in total. The number of alkyl carbamates (subject to hydrolysis) is 1. The van der Waals surface area contributed by atoms with Crippen molar-refractivity contribution in [3.8, 4) is 0 Å². The van der Waals surface area contributed by atoms with Gasteiger partial charge in [-0.15, -0.1) is 0 Å². The number of halogens is 2. The van der Waals surface area contributed by atoms with Crippen molar-refractivity contribution in [1.29, 1.82) is 0 Å². The Morgan fingerprint density at radius 2 is 1.79 bits per heavy atom. The summed E-state index contributed by atoms with van der Waals surface area (Å²) in [6, 6.07) is 9.47. The molecule has 154 valence electrons. The maximum atomic E-state index is 12.4. The first-order chi connectivity index (χ1) is 14.0. The summed E-state index contributed by atoms with van der Waals surface area (Å²) >= 11 is 7.04. The van der Waals surface area contributed by atoms with Crippen molar-refractivity contribution in [2.45, 2.75) is 13.0 Å². The first-order valence-corrected chi connectivity index (χ1v) is 10.9. The number of rotatable bonds is 7. The lowest BCUT2D eigenvalue weighted by atomic mass is 10.1. The number of nitrogens with zero attached hydrogens (tertiary/aromatic N) is 2. The maximum absolute atomic E-state index is 12.4. The van der Waals surface area contributed by atoms with Gasteiger partial charge in [0.2, 0.25) is 5.91 Å². The molecule has 2 amide bonds. The molecule has 9 heteroatoms. The van der Waals surface area contributed by atoms with Gasteiger partial charge in [-0.1, -0.05) is 30.3 Å². The lowest BCUT2D eigenvalue weighted by Gasteiger charge is -2.21. The lowest BCUT2D eigenvalue weighted by molar-refractivity contribution is -0.124. The van der Waals surface area contributed by atoms with Gasteiger partial charge in [0.25, 0.3) is 0 Å². The summed E-state index contributed by atoms with van der Waals surface area (Å²) < 4.78 is 6.93. The van der Waals surface area contributed by atoms with Gasteiger partial charge >= 0.3 is 6.09 Å². The van der Waals surface area contributed by atoms with Crippen molar-refractivity contribution in [2.24, 2.45) is 5.92 Å². The van der Waals surface area contributed by atoms with Gasteiger partial charge < -0.3 is 20.3 Å². The molecule has 1 aliphatic rings. The van der Waals surface area contributed by atoms with Crippen LogP contribution in [-0.4, -0.2) is 43.2 Å². The van der Waals surface area contributed by atoms with E-state index in [0.29, 0.717) is 19.6 Å². The molecule has 0 bridgehead atoms. The van der Waals surface area contributed by atoms with Crippen LogP contribution in [0.3, 0.4) is 0 Å². The molecule has 1 aliphatic heterocycles. The number of carbonyl (C=O) groups is 2. The van der Waals surface area contributed by atoms with Crippen LogP contribution in [0.25, 0.3) is 0 Å². The quantitative estimate of drug-likeness (QED) is 0.541. The minimum absolute atomic E-state index is 0.00625. The number of benzene rings is 1. The molecule has 1 atom stereocenters. The van der Waals surface area contributed by atoms with Crippen LogP contribution in [0.15, 0.2) is 51.7 Å². The number of ether oxygens (including phenoxy) is 1. The molecule has 0 aliphatic carbocycles. The highest BCUT2D eigenvalue weighted by atomic mass is 79.9. The second-order valence-corrected chi connectivity index (χ2v) is 8.37. The molecule has 29 heavy (non-hydrogen) atoms. The first-order valence-electron chi connectivity index (χ1n) is 9.31. The van der Waals surface area contributed by atoms with Crippen LogP contribution in [0.2, 0.25) is 0 Å². The summed E-state index contributed by atoms with van der Waals surface area (Å²) in [5.74, 6) is -0.0970. The van der Waals surface area contributed by atoms with Gasteiger partial charge in [-0.05, 0) is 43.8 Å². The number of hydrogen-bond acceptors (Lipinski definition) is 5. The molecule has 0 spiro atoms. The third-order valence-corrected chi connectivity index (χ3v) is 5.77. The van der Waals surface area contributed by atoms with Crippen molar-refractivity contribution in [1.82, 2.24) is 15.6 Å². The number of anilines is 1. The van der Waals surface area contributed by atoms with E-state index < -0.39 is 6.09 Å². The number of carbonyl (C=O) groups excluding carboxylic acids is 2. The van der Waals surface area contributed by atoms with E-state index in [4.69, 9.17) is 4.74 Å². The summed E-state index contributed by atoms with van der Waals surface area (Å²) in [6.07, 6.45) is 3.77. The molecule has 2 heterocycles. The van der Waals surface area contributed by atoms with Crippen LogP contribution in [0.1, 0.15) is 12.0 Å². The fraction of sp³-hybridized carbons (Fsp3) is 0.350. The third-order valence-electron chi connectivity index (χ3n) is 4.61. The zero-order chi connectivity index (χ0) is 20.6. The van der Waals surface area contributed by atoms with Crippen LogP contribution < -0.4 is 15.5 Å². The van der Waals surface area contributed by atoms with E-state index in [0.717, 1.165) is 33.2 Å². The number of pyridine rings is 1. The molecular weight excluding hydrogens is 504 g/mol. The molecule has 1 unspecified atom stereocenters. The molecule has 1 aromatic carbocycles. The van der Waals surface area contributed by atoms with Crippen LogP contribution in [0.4, 0.5) is 10.5 Å². The summed E-state index contributed by atoms with van der Waals surface area (Å²) in [7, 11) is 0. The van der Waals surface area contributed by atoms with Crippen molar-refractivity contribution in [3.63, 3.8) is 0 Å². The second-order valence-electron chi connectivity index (χ2n) is 6.66. The minimum atomic E-state index is -0.498. The highest BCUT2D eigenvalue weighted by Gasteiger charge is 2.30. The predicted octanol–water partition coefficient (Wildman–Crippen LogP) is 3.48. The molecule has 3 rings (SSSR count). The highest BCUT2D eigenvalue weighted by Crippen LogP contribution is 2.36. The monoisotopic (exact) mass is 524 g/mol. The van der Waals surface area contributed by atoms with Crippen LogP contribution in [0.5, 0.6) is 0 Å². The van der Waals surface area contributed by atoms with Crippen molar-refractivity contribution in [3.05, 3.63) is 57.2 Å². The fourth-order valence-electron chi connectivity index (χ4n) is 3.15. The number of aromatic nitrogens is 1. The van der Waals surface area contributed by atoms with Gasteiger partial charge in [0, 0.05) is 38.6 Å². The average molecular weight is 526 g/mol. The van der Waals surface area contributed by atoms with Gasteiger partial charge in [0.15, 0.2) is 0 Å². The summed E-state index contributed by atoms with van der Waals surface area (Å²) in [6.45, 7) is 2.33. The van der Waals surface area contributed by atoms with E-state index >= 15 is 0 Å². The highest BCUT2D eigenvalue weighted by molar-refractivity contribution is 9.11. The minimum Gasteiger partial charge on any atom is -0.445 e. The average Bonchev–Trinajstić information content (AvgIpc) is 3.20. The Kier molecular flexibility index (Phi) is 7.88. The summed E-state index contributed by atoms with van der Waals surface area (Å²) in [5, 5.41) is 5.53. The molecule has 1 saturated heterocycles. The molecule has 2 aromatic rings. The number of hydrogen-bond donors (Lipinski definition) is 2.